The first-order valence-electron chi connectivity index (χ1n) is 9.96. The Hall–Kier alpha value is -3.55. The molecule has 0 spiro atoms. The number of carbonyl (C=O) groups excluding carboxylic acids is 3. The van der Waals surface area contributed by atoms with Gasteiger partial charge in [0.05, 0.1) is 5.69 Å². The molecule has 8 nitrogen and oxygen atoms in total. The Morgan fingerprint density at radius 1 is 1.07 bits per heavy atom. The monoisotopic (exact) mass is 409 g/mol. The fourth-order valence-electron chi connectivity index (χ4n) is 3.51. The number of nitrogens with one attached hydrogen (secondary N) is 1. The van der Waals surface area contributed by atoms with Gasteiger partial charge in [0, 0.05) is 37.1 Å². The molecule has 2 heterocycles. The van der Waals surface area contributed by atoms with Crippen molar-refractivity contribution in [3.63, 3.8) is 0 Å². The molecule has 8 heteroatoms. The summed E-state index contributed by atoms with van der Waals surface area (Å²) in [6.07, 6.45) is 0.360. The normalized spacial score (nSPS) is 15.6. The van der Waals surface area contributed by atoms with E-state index >= 15 is 0 Å². The molecule has 0 aromatic heterocycles. The topological polar surface area (TPSA) is 88.2 Å². The molecule has 1 fully saturated rings. The Labute approximate surface area is 174 Å². The molecule has 2 aliphatic heterocycles. The van der Waals surface area contributed by atoms with Crippen LogP contribution in [0.4, 0.5) is 5.69 Å². The zero-order chi connectivity index (χ0) is 21.1. The smallest absolute Gasteiger partial charge is 0.254 e. The minimum absolute atomic E-state index is 0.132. The van der Waals surface area contributed by atoms with Gasteiger partial charge < -0.3 is 14.4 Å². The lowest BCUT2D eigenvalue weighted by Crippen LogP contribution is -2.50. The first-order valence-corrected chi connectivity index (χ1v) is 9.96. The summed E-state index contributed by atoms with van der Waals surface area (Å²) in [5.41, 5.74) is 4.46. The highest BCUT2D eigenvalue weighted by atomic mass is 16.6. The van der Waals surface area contributed by atoms with Crippen LogP contribution < -0.4 is 19.9 Å². The van der Waals surface area contributed by atoms with Crippen LogP contribution in [0.25, 0.3) is 0 Å². The van der Waals surface area contributed by atoms with E-state index in [-0.39, 0.29) is 30.6 Å². The molecule has 0 bridgehead atoms. The van der Waals surface area contributed by atoms with E-state index in [0.717, 1.165) is 5.56 Å². The number of amides is 3. The van der Waals surface area contributed by atoms with Gasteiger partial charge in [-0.3, -0.25) is 19.8 Å². The van der Waals surface area contributed by atoms with Gasteiger partial charge in [0.15, 0.2) is 11.5 Å². The van der Waals surface area contributed by atoms with Gasteiger partial charge in [-0.15, -0.1) is 0 Å². The van der Waals surface area contributed by atoms with Crippen molar-refractivity contribution in [2.45, 2.75) is 26.3 Å². The Bertz CT molecular complexity index is 973. The van der Waals surface area contributed by atoms with E-state index in [1.54, 1.807) is 29.2 Å². The molecule has 0 aliphatic carbocycles. The largest absolute Gasteiger partial charge is 0.486 e. The summed E-state index contributed by atoms with van der Waals surface area (Å²) < 4.78 is 11.4. The van der Waals surface area contributed by atoms with Crippen LogP contribution in [0.5, 0.6) is 11.5 Å². The third-order valence-electron chi connectivity index (χ3n) is 5.10. The lowest BCUT2D eigenvalue weighted by Gasteiger charge is -2.27. The fourth-order valence-corrected chi connectivity index (χ4v) is 3.51. The van der Waals surface area contributed by atoms with Gasteiger partial charge in [0.1, 0.15) is 13.2 Å². The van der Waals surface area contributed by atoms with Gasteiger partial charge >= 0.3 is 0 Å². The highest BCUT2D eigenvalue weighted by molar-refractivity contribution is 6.01. The van der Waals surface area contributed by atoms with Gasteiger partial charge in [-0.1, -0.05) is 12.1 Å². The maximum Gasteiger partial charge on any atom is 0.254 e. The second-order valence-corrected chi connectivity index (χ2v) is 7.07. The zero-order valence-corrected chi connectivity index (χ0v) is 16.7. The summed E-state index contributed by atoms with van der Waals surface area (Å²) in [5, 5.41) is 1.23. The third kappa shape index (κ3) is 3.94. The molecule has 0 radical (unpaired) electrons. The number of anilines is 1. The molecule has 2 aliphatic rings. The van der Waals surface area contributed by atoms with Crippen LogP contribution >= 0.6 is 0 Å². The van der Waals surface area contributed by atoms with E-state index in [1.165, 1.54) is 5.01 Å². The van der Waals surface area contributed by atoms with E-state index in [2.05, 4.69) is 5.43 Å². The molecule has 0 saturated carbocycles. The Balaban J connectivity index is 1.50. The van der Waals surface area contributed by atoms with Crippen LogP contribution in [-0.2, 0) is 16.1 Å². The summed E-state index contributed by atoms with van der Waals surface area (Å²) in [6.45, 7) is 3.83. The van der Waals surface area contributed by atoms with E-state index < -0.39 is 0 Å². The summed E-state index contributed by atoms with van der Waals surface area (Å²) in [6, 6.07) is 12.3. The number of carbonyl (C=O) groups is 3. The predicted octanol–water partition coefficient (Wildman–Crippen LogP) is 2.28. The Kier molecular flexibility index (Phi) is 5.56. The number of hydrazine groups is 1. The van der Waals surface area contributed by atoms with Crippen LogP contribution in [0.1, 0.15) is 35.7 Å². The molecule has 0 unspecified atom stereocenters. The lowest BCUT2D eigenvalue weighted by molar-refractivity contribution is -0.130. The maximum absolute atomic E-state index is 13.1. The number of benzene rings is 2. The van der Waals surface area contributed by atoms with Gasteiger partial charge in [0.25, 0.3) is 5.91 Å². The second-order valence-electron chi connectivity index (χ2n) is 7.07. The van der Waals surface area contributed by atoms with E-state index in [4.69, 9.17) is 9.47 Å². The number of fused-ring (bicyclic) bond motifs is 1. The van der Waals surface area contributed by atoms with E-state index in [1.807, 2.05) is 25.1 Å². The second kappa shape index (κ2) is 8.44. The predicted molar refractivity (Wildman–Crippen MR) is 109 cm³/mol. The standard InChI is InChI=1S/C22H23N3O5/c1-2-24(14-16-4-3-5-18-21(16)30-13-12-29-18)22(28)15-6-8-17(9-7-15)25-20(27)11-10-19(26)23-25/h3-9H,2,10-14H2,1H3,(H,23,26). The van der Waals surface area contributed by atoms with Gasteiger partial charge in [-0.05, 0) is 37.3 Å². The number of ether oxygens (including phenoxy) is 2. The average Bonchev–Trinajstić information content (AvgIpc) is 2.79. The van der Waals surface area contributed by atoms with Crippen molar-refractivity contribution in [3.05, 3.63) is 53.6 Å². The van der Waals surface area contributed by atoms with Gasteiger partial charge in [-0.25, -0.2) is 5.01 Å². The minimum atomic E-state index is -0.204. The van der Waals surface area contributed by atoms with Crippen molar-refractivity contribution in [1.29, 1.82) is 0 Å². The third-order valence-corrected chi connectivity index (χ3v) is 5.10. The number of nitrogens with zero attached hydrogens (tertiary/aromatic N) is 2. The Morgan fingerprint density at radius 3 is 2.60 bits per heavy atom. The van der Waals surface area contributed by atoms with Crippen LogP contribution in [0.2, 0.25) is 0 Å². The van der Waals surface area contributed by atoms with Crippen LogP contribution in [0.15, 0.2) is 42.5 Å². The first kappa shape index (κ1) is 19.8. The molecule has 2 aromatic carbocycles. The van der Waals surface area contributed by atoms with Crippen LogP contribution in [0, 0.1) is 0 Å². The summed E-state index contributed by atoms with van der Waals surface area (Å²) in [4.78, 5) is 38.4. The van der Waals surface area contributed by atoms with Crippen molar-refractivity contribution >= 4 is 23.4 Å². The highest BCUT2D eigenvalue weighted by Gasteiger charge is 2.25. The van der Waals surface area contributed by atoms with Crippen molar-refractivity contribution in [1.82, 2.24) is 10.3 Å². The number of hydrogen-bond donors (Lipinski definition) is 1. The summed E-state index contributed by atoms with van der Waals surface area (Å²) in [5.74, 6) is 0.862. The molecule has 0 atom stereocenters. The van der Waals surface area contributed by atoms with E-state index in [0.29, 0.717) is 49.1 Å². The zero-order valence-electron chi connectivity index (χ0n) is 16.7. The SMILES string of the molecule is CCN(Cc1cccc2c1OCCO2)C(=O)c1ccc(N2NC(=O)CCC2=O)cc1. The molecule has 2 aromatic rings. The number of para-hydroxylation sites is 1. The van der Waals surface area contributed by atoms with Crippen molar-refractivity contribution in [3.8, 4) is 11.5 Å². The molecule has 3 amide bonds. The summed E-state index contributed by atoms with van der Waals surface area (Å²) >= 11 is 0. The van der Waals surface area contributed by atoms with Crippen LogP contribution in [0.3, 0.4) is 0 Å². The van der Waals surface area contributed by atoms with Crippen molar-refractivity contribution in [2.75, 3.05) is 24.8 Å². The number of hydrogen-bond acceptors (Lipinski definition) is 5. The van der Waals surface area contributed by atoms with Gasteiger partial charge in [0.2, 0.25) is 11.8 Å². The Morgan fingerprint density at radius 2 is 1.83 bits per heavy atom. The molecule has 30 heavy (non-hydrogen) atoms. The molecule has 1 N–H and O–H groups in total. The van der Waals surface area contributed by atoms with Gasteiger partial charge in [-0.2, -0.15) is 0 Å². The average molecular weight is 409 g/mol. The fraction of sp³-hybridized carbons (Fsp3) is 0.318. The molecule has 4 rings (SSSR count). The molecular formula is C22H23N3O5. The molecule has 156 valence electrons. The maximum atomic E-state index is 13.1. The van der Waals surface area contributed by atoms with Crippen molar-refractivity contribution in [2.24, 2.45) is 0 Å². The highest BCUT2D eigenvalue weighted by Crippen LogP contribution is 2.34. The summed E-state index contributed by atoms with van der Waals surface area (Å²) in [7, 11) is 0. The van der Waals surface area contributed by atoms with Crippen molar-refractivity contribution < 1.29 is 23.9 Å². The van der Waals surface area contributed by atoms with Crippen LogP contribution in [-0.4, -0.2) is 42.4 Å². The number of rotatable bonds is 5. The lowest BCUT2D eigenvalue weighted by atomic mass is 10.1. The minimum Gasteiger partial charge on any atom is -0.486 e. The van der Waals surface area contributed by atoms with E-state index in [9.17, 15) is 14.4 Å². The first-order chi connectivity index (χ1) is 14.6. The molecular weight excluding hydrogens is 386 g/mol. The quantitative estimate of drug-likeness (QED) is 0.819. The molecule has 1 saturated heterocycles.